The van der Waals surface area contributed by atoms with Crippen LogP contribution in [0.3, 0.4) is 0 Å². The summed E-state index contributed by atoms with van der Waals surface area (Å²) in [5.74, 6) is 0. The summed E-state index contributed by atoms with van der Waals surface area (Å²) >= 11 is 0. The number of hydrogen-bond acceptors (Lipinski definition) is 2. The highest BCUT2D eigenvalue weighted by Crippen LogP contribution is 2.22. The molecule has 0 saturated carbocycles. The van der Waals surface area contributed by atoms with Crippen LogP contribution in [0.5, 0.6) is 0 Å². The number of carbonyl (C=O) groups excluding carboxylic acids is 1. The fourth-order valence-electron chi connectivity index (χ4n) is 1.84. The highest BCUT2D eigenvalue weighted by atomic mass is 16.1. The van der Waals surface area contributed by atoms with Gasteiger partial charge >= 0.3 is 0 Å². The number of fused-ring (bicyclic) bond motifs is 1. The van der Waals surface area contributed by atoms with Gasteiger partial charge in [0.2, 0.25) is 0 Å². The summed E-state index contributed by atoms with van der Waals surface area (Å²) in [5.41, 5.74) is 3.91. The van der Waals surface area contributed by atoms with Crippen molar-refractivity contribution in [2.45, 2.75) is 19.5 Å². The predicted molar refractivity (Wildman–Crippen MR) is 51.4 cm³/mol. The van der Waals surface area contributed by atoms with Crippen molar-refractivity contribution in [1.82, 2.24) is 4.90 Å². The first-order valence-corrected chi connectivity index (χ1v) is 4.52. The molecule has 0 atom stereocenters. The Labute approximate surface area is 78.2 Å². The van der Waals surface area contributed by atoms with Gasteiger partial charge in [0.1, 0.15) is 6.29 Å². The third-order valence-corrected chi connectivity index (χ3v) is 2.47. The number of aldehydes is 1. The van der Waals surface area contributed by atoms with Crippen molar-refractivity contribution < 1.29 is 4.79 Å². The molecule has 13 heavy (non-hydrogen) atoms. The van der Waals surface area contributed by atoms with Gasteiger partial charge in [0.05, 0.1) is 0 Å². The standard InChI is InChI=1S/C11H13NO/c1-12-7-10-3-2-9(4-5-13)6-11(10)8-12/h2-3,5-6H,4,7-8H2,1H3. The maximum Gasteiger partial charge on any atom is 0.124 e. The number of carbonyl (C=O) groups is 1. The van der Waals surface area contributed by atoms with Gasteiger partial charge in [-0.2, -0.15) is 0 Å². The molecule has 0 saturated heterocycles. The van der Waals surface area contributed by atoms with Crippen LogP contribution in [0, 0.1) is 0 Å². The van der Waals surface area contributed by atoms with Gasteiger partial charge in [-0.05, 0) is 23.7 Å². The summed E-state index contributed by atoms with van der Waals surface area (Å²) in [6, 6.07) is 6.33. The van der Waals surface area contributed by atoms with E-state index in [1.165, 1.54) is 11.1 Å². The smallest absolute Gasteiger partial charge is 0.124 e. The molecule has 1 aromatic carbocycles. The van der Waals surface area contributed by atoms with E-state index >= 15 is 0 Å². The van der Waals surface area contributed by atoms with Crippen molar-refractivity contribution in [1.29, 1.82) is 0 Å². The average molecular weight is 175 g/mol. The Bertz CT molecular complexity index is 333. The van der Waals surface area contributed by atoms with Crippen molar-refractivity contribution in [3.63, 3.8) is 0 Å². The molecule has 0 spiro atoms. The lowest BCUT2D eigenvalue weighted by Gasteiger charge is -2.02. The molecule has 1 aromatic rings. The normalized spacial score (nSPS) is 15.8. The van der Waals surface area contributed by atoms with E-state index in [1.807, 2.05) is 6.07 Å². The van der Waals surface area contributed by atoms with Crippen LogP contribution in [0.1, 0.15) is 16.7 Å². The molecule has 0 N–H and O–H groups in total. The zero-order chi connectivity index (χ0) is 9.26. The molecular formula is C11H13NO. The van der Waals surface area contributed by atoms with Crippen LogP contribution in [0.25, 0.3) is 0 Å². The van der Waals surface area contributed by atoms with Crippen molar-refractivity contribution in [2.75, 3.05) is 7.05 Å². The van der Waals surface area contributed by atoms with Crippen LogP contribution in [0.15, 0.2) is 18.2 Å². The van der Waals surface area contributed by atoms with E-state index in [-0.39, 0.29) is 0 Å². The second-order valence-corrected chi connectivity index (χ2v) is 3.65. The summed E-state index contributed by atoms with van der Waals surface area (Å²) < 4.78 is 0. The van der Waals surface area contributed by atoms with Gasteiger partial charge in [-0.25, -0.2) is 0 Å². The van der Waals surface area contributed by atoms with Gasteiger partial charge in [-0.15, -0.1) is 0 Å². The van der Waals surface area contributed by atoms with Crippen molar-refractivity contribution in [2.24, 2.45) is 0 Å². The van der Waals surface area contributed by atoms with E-state index in [9.17, 15) is 4.79 Å². The Morgan fingerprint density at radius 3 is 2.92 bits per heavy atom. The predicted octanol–water partition coefficient (Wildman–Crippen LogP) is 1.37. The minimum atomic E-state index is 0.539. The Hall–Kier alpha value is -1.15. The largest absolute Gasteiger partial charge is 0.303 e. The van der Waals surface area contributed by atoms with E-state index in [0.29, 0.717) is 6.42 Å². The second-order valence-electron chi connectivity index (χ2n) is 3.65. The molecule has 1 heterocycles. The van der Waals surface area contributed by atoms with E-state index in [2.05, 4.69) is 24.1 Å². The Balaban J connectivity index is 2.29. The van der Waals surface area contributed by atoms with E-state index in [4.69, 9.17) is 0 Å². The quantitative estimate of drug-likeness (QED) is 0.633. The number of benzene rings is 1. The zero-order valence-corrected chi connectivity index (χ0v) is 7.79. The van der Waals surface area contributed by atoms with Crippen molar-refractivity contribution in [3.8, 4) is 0 Å². The molecule has 0 aromatic heterocycles. The lowest BCUT2D eigenvalue weighted by atomic mass is 10.1. The molecule has 0 radical (unpaired) electrons. The van der Waals surface area contributed by atoms with Gasteiger partial charge in [-0.3, -0.25) is 4.90 Å². The zero-order valence-electron chi connectivity index (χ0n) is 7.79. The third kappa shape index (κ3) is 1.63. The molecule has 0 amide bonds. The first kappa shape index (κ1) is 8.45. The van der Waals surface area contributed by atoms with Crippen molar-refractivity contribution >= 4 is 6.29 Å². The molecule has 0 aliphatic carbocycles. The van der Waals surface area contributed by atoms with Gasteiger partial charge in [0, 0.05) is 19.5 Å². The van der Waals surface area contributed by atoms with Gasteiger partial charge in [-0.1, -0.05) is 18.2 Å². The second kappa shape index (κ2) is 3.30. The summed E-state index contributed by atoms with van der Waals surface area (Å²) in [7, 11) is 2.11. The van der Waals surface area contributed by atoms with Gasteiger partial charge in [0.15, 0.2) is 0 Å². The lowest BCUT2D eigenvalue weighted by molar-refractivity contribution is -0.107. The molecule has 0 fully saturated rings. The van der Waals surface area contributed by atoms with Crippen LogP contribution in [-0.2, 0) is 24.3 Å². The Morgan fingerprint density at radius 1 is 1.38 bits per heavy atom. The maximum atomic E-state index is 10.3. The topological polar surface area (TPSA) is 20.3 Å². The monoisotopic (exact) mass is 175 g/mol. The molecular weight excluding hydrogens is 162 g/mol. The van der Waals surface area contributed by atoms with Crippen LogP contribution in [0.2, 0.25) is 0 Å². The van der Waals surface area contributed by atoms with Crippen LogP contribution in [-0.4, -0.2) is 18.2 Å². The highest BCUT2D eigenvalue weighted by molar-refractivity contribution is 5.55. The molecule has 1 aliphatic rings. The van der Waals surface area contributed by atoms with Crippen LogP contribution < -0.4 is 0 Å². The number of rotatable bonds is 2. The van der Waals surface area contributed by atoms with E-state index in [0.717, 1.165) is 24.9 Å². The SMILES string of the molecule is CN1Cc2ccc(CC=O)cc2C1. The Kier molecular flexibility index (Phi) is 2.15. The highest BCUT2D eigenvalue weighted by Gasteiger charge is 2.14. The lowest BCUT2D eigenvalue weighted by Crippen LogP contribution is -2.07. The third-order valence-electron chi connectivity index (χ3n) is 2.47. The molecule has 2 heteroatoms. The average Bonchev–Trinajstić information content (AvgIpc) is 2.44. The number of hydrogen-bond donors (Lipinski definition) is 0. The minimum absolute atomic E-state index is 0.539. The molecule has 0 bridgehead atoms. The van der Waals surface area contributed by atoms with Crippen LogP contribution >= 0.6 is 0 Å². The number of nitrogens with zero attached hydrogens (tertiary/aromatic N) is 1. The molecule has 2 nitrogen and oxygen atoms in total. The fourth-order valence-corrected chi connectivity index (χ4v) is 1.84. The van der Waals surface area contributed by atoms with E-state index in [1.54, 1.807) is 0 Å². The van der Waals surface area contributed by atoms with Gasteiger partial charge < -0.3 is 4.79 Å². The summed E-state index contributed by atoms with van der Waals surface area (Å²) in [6.45, 7) is 2.05. The first-order chi connectivity index (χ1) is 6.29. The maximum absolute atomic E-state index is 10.3. The first-order valence-electron chi connectivity index (χ1n) is 4.52. The minimum Gasteiger partial charge on any atom is -0.303 e. The van der Waals surface area contributed by atoms with E-state index < -0.39 is 0 Å². The molecule has 1 aliphatic heterocycles. The Morgan fingerprint density at radius 2 is 2.15 bits per heavy atom. The molecule has 68 valence electrons. The summed E-state index contributed by atoms with van der Waals surface area (Å²) in [4.78, 5) is 12.6. The van der Waals surface area contributed by atoms with Gasteiger partial charge in [0.25, 0.3) is 0 Å². The summed E-state index contributed by atoms with van der Waals surface area (Å²) in [5, 5.41) is 0. The van der Waals surface area contributed by atoms with Crippen molar-refractivity contribution in [3.05, 3.63) is 34.9 Å². The fraction of sp³-hybridized carbons (Fsp3) is 0.364. The summed E-state index contributed by atoms with van der Waals surface area (Å²) in [6.07, 6.45) is 1.50. The molecule has 0 unspecified atom stereocenters. The molecule has 2 rings (SSSR count). The van der Waals surface area contributed by atoms with Crippen LogP contribution in [0.4, 0.5) is 0 Å².